The minimum Gasteiger partial charge on any atom is -0.382 e. The van der Waals surface area contributed by atoms with E-state index in [9.17, 15) is 22.8 Å². The summed E-state index contributed by atoms with van der Waals surface area (Å²) >= 11 is 0. The average Bonchev–Trinajstić information content (AvgIpc) is 2.63. The second-order valence-corrected chi connectivity index (χ2v) is 4.66. The molecule has 1 aliphatic heterocycles. The van der Waals surface area contributed by atoms with Crippen molar-refractivity contribution >= 4 is 11.8 Å². The summed E-state index contributed by atoms with van der Waals surface area (Å²) in [6, 6.07) is -0.538. The Morgan fingerprint density at radius 3 is 2.80 bits per heavy atom. The highest BCUT2D eigenvalue weighted by Crippen LogP contribution is 2.20. The van der Waals surface area contributed by atoms with E-state index >= 15 is 0 Å². The van der Waals surface area contributed by atoms with Crippen molar-refractivity contribution in [3.05, 3.63) is 0 Å². The number of carbonyl (C=O) groups excluding carboxylic acids is 2. The highest BCUT2D eigenvalue weighted by Gasteiger charge is 2.38. The van der Waals surface area contributed by atoms with Gasteiger partial charge in [0.05, 0.1) is 6.04 Å². The van der Waals surface area contributed by atoms with Crippen LogP contribution in [0, 0.1) is 0 Å². The summed E-state index contributed by atoms with van der Waals surface area (Å²) in [6.45, 7) is 1.54. The van der Waals surface area contributed by atoms with E-state index in [0.717, 1.165) is 4.90 Å². The predicted molar refractivity (Wildman–Crippen MR) is 64.9 cm³/mol. The maximum atomic E-state index is 12.2. The molecule has 1 rings (SSSR count). The van der Waals surface area contributed by atoms with Gasteiger partial charge in [0.25, 0.3) is 0 Å². The van der Waals surface area contributed by atoms with Crippen LogP contribution in [0.25, 0.3) is 0 Å². The molecule has 8 heteroatoms. The summed E-state index contributed by atoms with van der Waals surface area (Å²) in [6.07, 6.45) is -3.70. The van der Waals surface area contributed by atoms with Gasteiger partial charge in [-0.3, -0.25) is 9.59 Å². The Labute approximate surface area is 115 Å². The van der Waals surface area contributed by atoms with Crippen molar-refractivity contribution < 1.29 is 27.5 Å². The van der Waals surface area contributed by atoms with Gasteiger partial charge in [-0.25, -0.2) is 0 Å². The number of amides is 2. The van der Waals surface area contributed by atoms with Crippen LogP contribution in [0.5, 0.6) is 0 Å². The maximum Gasteiger partial charge on any atom is 0.406 e. The summed E-state index contributed by atoms with van der Waals surface area (Å²) in [5, 5.41) is 2.58. The lowest BCUT2D eigenvalue weighted by atomic mass is 10.2. The summed E-state index contributed by atoms with van der Waals surface area (Å²) in [5.41, 5.74) is 0. The molecule has 1 atom stereocenters. The predicted octanol–water partition coefficient (Wildman–Crippen LogP) is 1.08. The molecule has 0 aromatic heterocycles. The highest BCUT2D eigenvalue weighted by atomic mass is 19.4. The zero-order chi connectivity index (χ0) is 15.2. The molecule has 5 nitrogen and oxygen atoms in total. The molecule has 1 fully saturated rings. The van der Waals surface area contributed by atoms with Crippen molar-refractivity contribution in [1.82, 2.24) is 10.2 Å². The Morgan fingerprint density at radius 1 is 1.50 bits per heavy atom. The first-order valence-corrected chi connectivity index (χ1v) is 6.53. The minimum atomic E-state index is -4.41. The lowest BCUT2D eigenvalue weighted by Gasteiger charge is -2.18. The second kappa shape index (κ2) is 7.47. The molecule has 0 saturated carbocycles. The molecule has 0 bridgehead atoms. The van der Waals surface area contributed by atoms with E-state index < -0.39 is 24.7 Å². The normalized spacial score (nSPS) is 19.5. The number of rotatable bonds is 7. The Bertz CT molecular complexity index is 347. The van der Waals surface area contributed by atoms with Crippen LogP contribution in [0.15, 0.2) is 0 Å². The molecule has 0 aromatic carbocycles. The van der Waals surface area contributed by atoms with Crippen LogP contribution >= 0.6 is 0 Å². The molecule has 1 aliphatic rings. The number of ether oxygens (including phenoxy) is 1. The molecule has 0 aromatic rings. The van der Waals surface area contributed by atoms with Gasteiger partial charge in [0.1, 0.15) is 6.54 Å². The lowest BCUT2D eigenvalue weighted by Crippen LogP contribution is -2.39. The summed E-state index contributed by atoms with van der Waals surface area (Å²) in [4.78, 5) is 23.7. The fourth-order valence-corrected chi connectivity index (χ4v) is 2.02. The van der Waals surface area contributed by atoms with Crippen LogP contribution in [0.4, 0.5) is 13.2 Å². The molecule has 2 amide bonds. The van der Waals surface area contributed by atoms with Gasteiger partial charge in [0.15, 0.2) is 0 Å². The Morgan fingerprint density at radius 2 is 2.20 bits per heavy atom. The van der Waals surface area contributed by atoms with Gasteiger partial charge in [0, 0.05) is 32.6 Å². The molecule has 0 aliphatic carbocycles. The molecule has 0 radical (unpaired) electrons. The molecular weight excluding hydrogens is 277 g/mol. The van der Waals surface area contributed by atoms with Gasteiger partial charge in [-0.15, -0.1) is 0 Å². The number of hydrogen-bond acceptors (Lipinski definition) is 3. The molecule has 20 heavy (non-hydrogen) atoms. The summed E-state index contributed by atoms with van der Waals surface area (Å²) in [5.74, 6) is -0.849. The van der Waals surface area contributed by atoms with Gasteiger partial charge in [0.2, 0.25) is 11.8 Å². The van der Waals surface area contributed by atoms with Gasteiger partial charge in [-0.05, 0) is 13.3 Å². The van der Waals surface area contributed by atoms with Crippen LogP contribution < -0.4 is 5.32 Å². The first kappa shape index (κ1) is 16.7. The Kier molecular flexibility index (Phi) is 6.25. The van der Waals surface area contributed by atoms with Gasteiger partial charge < -0.3 is 15.0 Å². The third kappa shape index (κ3) is 6.23. The van der Waals surface area contributed by atoms with Crippen LogP contribution in [0.3, 0.4) is 0 Å². The smallest absolute Gasteiger partial charge is 0.382 e. The fourth-order valence-electron chi connectivity index (χ4n) is 2.02. The molecule has 116 valence electrons. The summed E-state index contributed by atoms with van der Waals surface area (Å²) in [7, 11) is 0. The third-order valence-electron chi connectivity index (χ3n) is 2.85. The lowest BCUT2D eigenvalue weighted by molar-refractivity contribution is -0.157. The van der Waals surface area contributed by atoms with E-state index in [4.69, 9.17) is 4.74 Å². The molecule has 1 saturated heterocycles. The van der Waals surface area contributed by atoms with E-state index in [1.165, 1.54) is 0 Å². The fraction of sp³-hybridized carbons (Fsp3) is 0.833. The number of nitrogens with zero attached hydrogens (tertiary/aromatic N) is 1. The Balaban J connectivity index is 2.29. The maximum absolute atomic E-state index is 12.2. The van der Waals surface area contributed by atoms with Crippen molar-refractivity contribution in [3.8, 4) is 0 Å². The number of hydrogen-bond donors (Lipinski definition) is 1. The second-order valence-electron chi connectivity index (χ2n) is 4.66. The van der Waals surface area contributed by atoms with Crippen molar-refractivity contribution in [2.24, 2.45) is 0 Å². The third-order valence-corrected chi connectivity index (χ3v) is 2.85. The monoisotopic (exact) mass is 296 g/mol. The van der Waals surface area contributed by atoms with Crippen LogP contribution in [-0.2, 0) is 14.3 Å². The first-order chi connectivity index (χ1) is 9.31. The number of halogens is 3. The number of alkyl halides is 3. The first-order valence-electron chi connectivity index (χ1n) is 6.53. The number of nitrogens with one attached hydrogen (secondary N) is 1. The van der Waals surface area contributed by atoms with Crippen molar-refractivity contribution in [3.63, 3.8) is 0 Å². The van der Waals surface area contributed by atoms with E-state index in [-0.39, 0.29) is 25.3 Å². The van der Waals surface area contributed by atoms with E-state index in [0.29, 0.717) is 19.6 Å². The zero-order valence-corrected chi connectivity index (χ0v) is 11.3. The van der Waals surface area contributed by atoms with Gasteiger partial charge in [-0.2, -0.15) is 13.2 Å². The molecule has 0 spiro atoms. The molecule has 1 heterocycles. The van der Waals surface area contributed by atoms with E-state index in [1.54, 1.807) is 0 Å². The highest BCUT2D eigenvalue weighted by molar-refractivity contribution is 5.82. The van der Waals surface area contributed by atoms with Crippen molar-refractivity contribution in [1.29, 1.82) is 0 Å². The molecule has 1 N–H and O–H groups in total. The van der Waals surface area contributed by atoms with Crippen molar-refractivity contribution in [2.75, 3.05) is 26.3 Å². The minimum absolute atomic E-state index is 0.0761. The van der Waals surface area contributed by atoms with Gasteiger partial charge >= 0.3 is 6.18 Å². The number of carbonyl (C=O) groups is 2. The summed E-state index contributed by atoms with van der Waals surface area (Å²) < 4.78 is 41.7. The van der Waals surface area contributed by atoms with Crippen LogP contribution in [0.2, 0.25) is 0 Å². The van der Waals surface area contributed by atoms with E-state index in [1.807, 2.05) is 6.92 Å². The number of likely N-dealkylation sites (tertiary alicyclic amines) is 1. The van der Waals surface area contributed by atoms with Gasteiger partial charge in [-0.1, -0.05) is 0 Å². The van der Waals surface area contributed by atoms with Crippen LogP contribution in [-0.4, -0.2) is 55.2 Å². The standard InChI is InChI=1S/C12H19F3N2O3/c1-2-20-5-3-4-10(18)16-9-6-11(19)17(7-9)8-12(13,14)15/h9H,2-8H2,1H3,(H,16,18). The largest absolute Gasteiger partial charge is 0.406 e. The molecular formula is C12H19F3N2O3. The SMILES string of the molecule is CCOCCCC(=O)NC1CC(=O)N(CC(F)(F)F)C1. The zero-order valence-electron chi connectivity index (χ0n) is 11.3. The topological polar surface area (TPSA) is 58.6 Å². The average molecular weight is 296 g/mol. The quantitative estimate of drug-likeness (QED) is 0.715. The molecule has 1 unspecified atom stereocenters. The Hall–Kier alpha value is -1.31. The van der Waals surface area contributed by atoms with E-state index in [2.05, 4.69) is 5.32 Å². The van der Waals surface area contributed by atoms with Crippen molar-refractivity contribution in [2.45, 2.75) is 38.4 Å². The van der Waals surface area contributed by atoms with Crippen LogP contribution in [0.1, 0.15) is 26.2 Å².